The normalized spacial score (nSPS) is 14.4. The maximum absolute atomic E-state index is 13.3. The predicted molar refractivity (Wildman–Crippen MR) is 69.5 cm³/mol. The van der Waals surface area contributed by atoms with Crippen molar-refractivity contribution in [1.82, 2.24) is 0 Å². The summed E-state index contributed by atoms with van der Waals surface area (Å²) in [6, 6.07) is 7.84. The van der Waals surface area contributed by atoms with Crippen LogP contribution in [0.15, 0.2) is 36.4 Å². The topological polar surface area (TPSA) is 17.1 Å². The van der Waals surface area contributed by atoms with E-state index in [4.69, 9.17) is 0 Å². The highest BCUT2D eigenvalue weighted by molar-refractivity contribution is 6.00. The molecule has 21 heavy (non-hydrogen) atoms. The second-order valence-electron chi connectivity index (χ2n) is 4.99. The van der Waals surface area contributed by atoms with E-state index in [1.54, 1.807) is 18.2 Å². The highest BCUT2D eigenvalue weighted by Gasteiger charge is 2.34. The lowest BCUT2D eigenvalue weighted by molar-refractivity contribution is -0.139. The Hall–Kier alpha value is -2.17. The van der Waals surface area contributed by atoms with Crippen molar-refractivity contribution in [3.63, 3.8) is 0 Å². The first-order chi connectivity index (χ1) is 9.86. The summed E-state index contributed by atoms with van der Waals surface area (Å²) in [5, 5.41) is 0. The zero-order valence-electron chi connectivity index (χ0n) is 10.8. The Morgan fingerprint density at radius 3 is 2.29 bits per heavy atom. The molecule has 0 aliphatic heterocycles. The van der Waals surface area contributed by atoms with Gasteiger partial charge in [0.15, 0.2) is 5.78 Å². The number of carbonyl (C=O) groups excluding carboxylic acids is 1. The standard InChI is InChI=1S/C16H10F4O/c17-14-5-2-10(8-13(14)16(18,19)20)9-1-4-12-11(7-9)3-6-15(12)21/h1-2,4-5,7-8H,3,6H2. The number of hydrogen-bond acceptors (Lipinski definition) is 1. The molecule has 0 radical (unpaired) electrons. The molecular formula is C16H10F4O. The summed E-state index contributed by atoms with van der Waals surface area (Å²) < 4.78 is 51.5. The molecule has 1 nitrogen and oxygen atoms in total. The van der Waals surface area contributed by atoms with Crippen molar-refractivity contribution in [1.29, 1.82) is 0 Å². The average molecular weight is 294 g/mol. The van der Waals surface area contributed by atoms with Crippen molar-refractivity contribution in [3.8, 4) is 11.1 Å². The minimum absolute atomic E-state index is 0.0478. The van der Waals surface area contributed by atoms with Gasteiger partial charge < -0.3 is 0 Å². The van der Waals surface area contributed by atoms with E-state index >= 15 is 0 Å². The number of hydrogen-bond donors (Lipinski definition) is 0. The zero-order valence-corrected chi connectivity index (χ0v) is 10.8. The van der Waals surface area contributed by atoms with Gasteiger partial charge in [0.05, 0.1) is 5.56 Å². The molecule has 0 atom stereocenters. The van der Waals surface area contributed by atoms with Crippen molar-refractivity contribution >= 4 is 5.78 Å². The van der Waals surface area contributed by atoms with Crippen LogP contribution in [0.2, 0.25) is 0 Å². The fourth-order valence-corrected chi connectivity index (χ4v) is 2.56. The summed E-state index contributed by atoms with van der Waals surface area (Å²) in [5.41, 5.74) is 1.00. The quantitative estimate of drug-likeness (QED) is 0.700. The highest BCUT2D eigenvalue weighted by Crippen LogP contribution is 2.35. The summed E-state index contributed by atoms with van der Waals surface area (Å²) in [7, 11) is 0. The van der Waals surface area contributed by atoms with Crippen LogP contribution >= 0.6 is 0 Å². The number of ketones is 1. The Kier molecular flexibility index (Phi) is 3.08. The molecule has 1 aliphatic rings. The molecule has 2 aromatic carbocycles. The molecule has 0 heterocycles. The third kappa shape index (κ3) is 2.44. The minimum atomic E-state index is -4.73. The van der Waals surface area contributed by atoms with Crippen LogP contribution in [0.5, 0.6) is 0 Å². The molecule has 5 heteroatoms. The first-order valence-corrected chi connectivity index (χ1v) is 6.39. The Labute approximate surface area is 118 Å². The molecule has 0 unspecified atom stereocenters. The van der Waals surface area contributed by atoms with E-state index in [2.05, 4.69) is 0 Å². The second-order valence-corrected chi connectivity index (χ2v) is 4.99. The lowest BCUT2D eigenvalue weighted by Crippen LogP contribution is -2.08. The first-order valence-electron chi connectivity index (χ1n) is 6.39. The lowest BCUT2D eigenvalue weighted by Gasteiger charge is -2.11. The van der Waals surface area contributed by atoms with E-state index in [-0.39, 0.29) is 11.3 Å². The van der Waals surface area contributed by atoms with Gasteiger partial charge in [0.1, 0.15) is 5.82 Å². The monoisotopic (exact) mass is 294 g/mol. The van der Waals surface area contributed by atoms with Gasteiger partial charge in [0.25, 0.3) is 0 Å². The van der Waals surface area contributed by atoms with E-state index in [9.17, 15) is 22.4 Å². The molecule has 108 valence electrons. The van der Waals surface area contributed by atoms with Crippen molar-refractivity contribution in [2.75, 3.05) is 0 Å². The van der Waals surface area contributed by atoms with E-state index in [1.807, 2.05) is 0 Å². The molecule has 3 rings (SSSR count). The van der Waals surface area contributed by atoms with Crippen LogP contribution in [-0.2, 0) is 12.6 Å². The van der Waals surface area contributed by atoms with Gasteiger partial charge in [-0.25, -0.2) is 4.39 Å². The third-order valence-electron chi connectivity index (χ3n) is 3.63. The van der Waals surface area contributed by atoms with Crippen molar-refractivity contribution in [2.45, 2.75) is 19.0 Å². The fourth-order valence-electron chi connectivity index (χ4n) is 2.56. The Balaban J connectivity index is 2.08. The van der Waals surface area contributed by atoms with Crippen LogP contribution in [0.1, 0.15) is 27.9 Å². The lowest BCUT2D eigenvalue weighted by atomic mass is 9.98. The molecule has 0 aromatic heterocycles. The van der Waals surface area contributed by atoms with Gasteiger partial charge in [-0.3, -0.25) is 4.79 Å². The number of alkyl halides is 3. The maximum atomic E-state index is 13.3. The second kappa shape index (κ2) is 4.69. The summed E-state index contributed by atoms with van der Waals surface area (Å²) in [5.74, 6) is -1.24. The van der Waals surface area contributed by atoms with Gasteiger partial charge in [-0.2, -0.15) is 13.2 Å². The van der Waals surface area contributed by atoms with Crippen molar-refractivity contribution in [3.05, 3.63) is 58.9 Å². The van der Waals surface area contributed by atoms with Crippen LogP contribution in [0, 0.1) is 5.82 Å². The van der Waals surface area contributed by atoms with E-state index in [1.165, 1.54) is 6.07 Å². The summed E-state index contributed by atoms with van der Waals surface area (Å²) >= 11 is 0. The average Bonchev–Trinajstić information content (AvgIpc) is 2.79. The Morgan fingerprint density at radius 2 is 1.57 bits per heavy atom. The minimum Gasteiger partial charge on any atom is -0.294 e. The number of Topliss-reactive ketones (excluding diaryl/α,β-unsaturated/α-hetero) is 1. The van der Waals surface area contributed by atoms with Gasteiger partial charge >= 0.3 is 6.18 Å². The SMILES string of the molecule is O=C1CCc2cc(-c3ccc(F)c(C(F)(F)F)c3)ccc21. The molecule has 0 bridgehead atoms. The van der Waals surface area contributed by atoms with E-state index in [0.29, 0.717) is 24.0 Å². The van der Waals surface area contributed by atoms with Crippen LogP contribution in [-0.4, -0.2) is 5.78 Å². The largest absolute Gasteiger partial charge is 0.419 e. The number of benzene rings is 2. The van der Waals surface area contributed by atoms with Crippen LogP contribution in [0.4, 0.5) is 17.6 Å². The molecule has 0 saturated heterocycles. The van der Waals surface area contributed by atoms with Gasteiger partial charge in [-0.1, -0.05) is 24.3 Å². The Bertz CT molecular complexity index is 732. The third-order valence-corrected chi connectivity index (χ3v) is 3.63. The molecule has 0 N–H and O–H groups in total. The number of carbonyl (C=O) groups is 1. The van der Waals surface area contributed by atoms with Crippen LogP contribution in [0.25, 0.3) is 11.1 Å². The molecule has 2 aromatic rings. The summed E-state index contributed by atoms with van der Waals surface area (Å²) in [6.45, 7) is 0. The maximum Gasteiger partial charge on any atom is 0.419 e. The van der Waals surface area contributed by atoms with Gasteiger partial charge in [0, 0.05) is 12.0 Å². The van der Waals surface area contributed by atoms with Gasteiger partial charge in [-0.05, 0) is 35.2 Å². The number of fused-ring (bicyclic) bond motifs is 1. The van der Waals surface area contributed by atoms with Crippen LogP contribution < -0.4 is 0 Å². The molecular weight excluding hydrogens is 284 g/mol. The summed E-state index contributed by atoms with van der Waals surface area (Å²) in [4.78, 5) is 11.5. The molecule has 0 saturated carbocycles. The van der Waals surface area contributed by atoms with Crippen molar-refractivity contribution < 1.29 is 22.4 Å². The smallest absolute Gasteiger partial charge is 0.294 e. The van der Waals surface area contributed by atoms with Crippen LogP contribution in [0.3, 0.4) is 0 Å². The predicted octanol–water partition coefficient (Wildman–Crippen LogP) is 4.64. The van der Waals surface area contributed by atoms with Gasteiger partial charge in [0.2, 0.25) is 0 Å². The fraction of sp³-hybridized carbons (Fsp3) is 0.188. The number of halogens is 4. The van der Waals surface area contributed by atoms with Gasteiger partial charge in [-0.15, -0.1) is 0 Å². The molecule has 0 amide bonds. The van der Waals surface area contributed by atoms with Crippen molar-refractivity contribution in [2.24, 2.45) is 0 Å². The molecule has 1 aliphatic carbocycles. The molecule has 0 spiro atoms. The Morgan fingerprint density at radius 1 is 0.905 bits per heavy atom. The molecule has 0 fully saturated rings. The zero-order chi connectivity index (χ0) is 15.2. The van der Waals surface area contributed by atoms with E-state index < -0.39 is 17.6 Å². The first kappa shape index (κ1) is 13.8. The number of aryl methyl sites for hydroxylation is 1. The summed E-state index contributed by atoms with van der Waals surface area (Å²) in [6.07, 6.45) is -3.71. The van der Waals surface area contributed by atoms with E-state index in [0.717, 1.165) is 17.7 Å². The number of rotatable bonds is 1. The highest BCUT2D eigenvalue weighted by atomic mass is 19.4.